The molecule has 1 amide bonds. The van der Waals surface area contributed by atoms with Crippen LogP contribution in [0.1, 0.15) is 20.8 Å². The SMILES string of the molecule is C=CCNc1nc(C(=O)OCC(=O)Nc2ccc(C(=O)OC)cc2)cs1. The van der Waals surface area contributed by atoms with Crippen LogP contribution in [-0.2, 0) is 14.3 Å². The molecule has 0 atom stereocenters. The summed E-state index contributed by atoms with van der Waals surface area (Å²) in [7, 11) is 1.28. The number of carbonyl (C=O) groups excluding carboxylic acids is 3. The van der Waals surface area contributed by atoms with Crippen molar-refractivity contribution in [2.24, 2.45) is 0 Å². The molecule has 9 heteroatoms. The van der Waals surface area contributed by atoms with E-state index in [0.717, 1.165) is 0 Å². The Morgan fingerprint density at radius 1 is 1.23 bits per heavy atom. The van der Waals surface area contributed by atoms with Crippen LogP contribution >= 0.6 is 11.3 Å². The topological polar surface area (TPSA) is 107 Å². The van der Waals surface area contributed by atoms with E-state index >= 15 is 0 Å². The van der Waals surface area contributed by atoms with Crippen molar-refractivity contribution in [3.8, 4) is 0 Å². The van der Waals surface area contributed by atoms with Gasteiger partial charge < -0.3 is 20.1 Å². The van der Waals surface area contributed by atoms with Gasteiger partial charge in [-0.15, -0.1) is 17.9 Å². The van der Waals surface area contributed by atoms with Crippen LogP contribution in [0.4, 0.5) is 10.8 Å². The molecule has 1 aromatic carbocycles. The van der Waals surface area contributed by atoms with Gasteiger partial charge in [-0.3, -0.25) is 4.79 Å². The lowest BCUT2D eigenvalue weighted by molar-refractivity contribution is -0.119. The van der Waals surface area contributed by atoms with Crippen LogP contribution in [0.2, 0.25) is 0 Å². The molecule has 1 aromatic heterocycles. The molecule has 2 N–H and O–H groups in total. The van der Waals surface area contributed by atoms with Crippen LogP contribution in [0.3, 0.4) is 0 Å². The number of carbonyl (C=O) groups is 3. The lowest BCUT2D eigenvalue weighted by atomic mass is 10.2. The number of hydrogen-bond donors (Lipinski definition) is 2. The van der Waals surface area contributed by atoms with Crippen molar-refractivity contribution in [2.75, 3.05) is 30.9 Å². The molecule has 0 aliphatic heterocycles. The zero-order valence-electron chi connectivity index (χ0n) is 14.0. The fraction of sp³-hybridized carbons (Fsp3) is 0.176. The number of ether oxygens (including phenoxy) is 2. The summed E-state index contributed by atoms with van der Waals surface area (Å²) in [5, 5.41) is 7.61. The molecule has 8 nitrogen and oxygen atoms in total. The second kappa shape index (κ2) is 9.33. The Morgan fingerprint density at radius 2 is 1.96 bits per heavy atom. The van der Waals surface area contributed by atoms with E-state index in [4.69, 9.17) is 4.74 Å². The summed E-state index contributed by atoms with van der Waals surface area (Å²) in [5.74, 6) is -1.67. The fourth-order valence-corrected chi connectivity index (χ4v) is 2.51. The molecule has 136 valence electrons. The van der Waals surface area contributed by atoms with Gasteiger partial charge in [0.05, 0.1) is 12.7 Å². The van der Waals surface area contributed by atoms with Gasteiger partial charge in [-0.05, 0) is 24.3 Å². The van der Waals surface area contributed by atoms with Crippen molar-refractivity contribution < 1.29 is 23.9 Å². The van der Waals surface area contributed by atoms with Crippen LogP contribution < -0.4 is 10.6 Å². The van der Waals surface area contributed by atoms with Crippen LogP contribution in [0.5, 0.6) is 0 Å². The minimum absolute atomic E-state index is 0.122. The number of rotatable bonds is 8. The van der Waals surface area contributed by atoms with E-state index in [1.807, 2.05) is 0 Å². The van der Waals surface area contributed by atoms with Crippen molar-refractivity contribution in [3.05, 3.63) is 53.6 Å². The van der Waals surface area contributed by atoms with Crippen LogP contribution in [0, 0.1) is 0 Å². The van der Waals surface area contributed by atoms with Crippen molar-refractivity contribution in [1.82, 2.24) is 4.98 Å². The number of nitrogens with one attached hydrogen (secondary N) is 2. The number of thiazole rings is 1. The molecule has 0 saturated heterocycles. The predicted molar refractivity (Wildman–Crippen MR) is 97.5 cm³/mol. The molecule has 0 radical (unpaired) electrons. The van der Waals surface area contributed by atoms with Gasteiger partial charge in [0.2, 0.25) is 0 Å². The van der Waals surface area contributed by atoms with Crippen molar-refractivity contribution in [2.45, 2.75) is 0 Å². The van der Waals surface area contributed by atoms with Crippen LogP contribution in [0.25, 0.3) is 0 Å². The zero-order valence-corrected chi connectivity index (χ0v) is 14.8. The molecular weight excluding hydrogens is 358 g/mol. The number of methoxy groups -OCH3 is 1. The minimum atomic E-state index is -0.691. The summed E-state index contributed by atoms with van der Waals surface area (Å²) >= 11 is 1.25. The van der Waals surface area contributed by atoms with Gasteiger partial charge in [-0.25, -0.2) is 14.6 Å². The van der Waals surface area contributed by atoms with Crippen molar-refractivity contribution in [3.63, 3.8) is 0 Å². The van der Waals surface area contributed by atoms with Gasteiger partial charge in [0, 0.05) is 17.6 Å². The number of benzene rings is 1. The molecule has 2 aromatic rings. The molecule has 0 saturated carbocycles. The third kappa shape index (κ3) is 5.42. The number of nitrogens with zero attached hydrogens (tertiary/aromatic N) is 1. The zero-order chi connectivity index (χ0) is 18.9. The first-order valence-corrected chi connectivity index (χ1v) is 8.37. The Labute approximate surface area is 153 Å². The maximum atomic E-state index is 11.9. The van der Waals surface area contributed by atoms with Crippen molar-refractivity contribution >= 4 is 40.0 Å². The highest BCUT2D eigenvalue weighted by Crippen LogP contribution is 2.16. The maximum absolute atomic E-state index is 11.9. The van der Waals surface area contributed by atoms with Gasteiger partial charge in [-0.2, -0.15) is 0 Å². The van der Waals surface area contributed by atoms with Crippen LogP contribution in [0.15, 0.2) is 42.3 Å². The lowest BCUT2D eigenvalue weighted by Crippen LogP contribution is -2.21. The van der Waals surface area contributed by atoms with E-state index < -0.39 is 24.5 Å². The van der Waals surface area contributed by atoms with E-state index in [1.54, 1.807) is 18.2 Å². The third-order valence-corrected chi connectivity index (χ3v) is 3.84. The molecule has 1 heterocycles. The first kappa shape index (κ1) is 19.1. The second-order valence-corrected chi connectivity index (χ2v) is 5.76. The predicted octanol–water partition coefficient (Wildman–Crippen LogP) is 2.32. The molecule has 0 unspecified atom stereocenters. The van der Waals surface area contributed by atoms with Gasteiger partial charge in [-0.1, -0.05) is 6.08 Å². The molecule has 0 aliphatic rings. The highest BCUT2D eigenvalue weighted by atomic mass is 32.1. The Morgan fingerprint density at radius 3 is 2.62 bits per heavy atom. The van der Waals surface area contributed by atoms with Crippen LogP contribution in [-0.4, -0.2) is 43.1 Å². The number of esters is 2. The normalized spacial score (nSPS) is 9.88. The first-order valence-electron chi connectivity index (χ1n) is 7.49. The van der Waals surface area contributed by atoms with Gasteiger partial charge in [0.1, 0.15) is 0 Å². The Bertz CT molecular complexity index is 801. The number of amides is 1. The molecule has 0 fully saturated rings. The highest BCUT2D eigenvalue weighted by Gasteiger charge is 2.14. The number of aromatic nitrogens is 1. The summed E-state index contributed by atoms with van der Waals surface area (Å²) in [5.41, 5.74) is 0.946. The van der Waals surface area contributed by atoms with Gasteiger partial charge in [0.25, 0.3) is 5.91 Å². The number of hydrogen-bond acceptors (Lipinski definition) is 8. The standard InChI is InChI=1S/C17H17N3O5S/c1-3-8-18-17-20-13(10-26-17)16(23)25-9-14(21)19-12-6-4-11(5-7-12)15(22)24-2/h3-7,10H,1,8-9H2,2H3,(H,18,20)(H,19,21). The summed E-state index contributed by atoms with van der Waals surface area (Å²) in [6.45, 7) is 3.65. The smallest absolute Gasteiger partial charge is 0.358 e. The Balaban J connectivity index is 1.82. The average molecular weight is 375 g/mol. The largest absolute Gasteiger partial charge is 0.465 e. The van der Waals surface area contributed by atoms with Gasteiger partial charge in [0.15, 0.2) is 17.4 Å². The highest BCUT2D eigenvalue weighted by molar-refractivity contribution is 7.13. The fourth-order valence-electron chi connectivity index (χ4n) is 1.82. The Hall–Kier alpha value is -3.20. The Kier molecular flexibility index (Phi) is 6.86. The van der Waals surface area contributed by atoms with Gasteiger partial charge >= 0.3 is 11.9 Å². The summed E-state index contributed by atoms with van der Waals surface area (Å²) in [6, 6.07) is 6.12. The second-order valence-electron chi connectivity index (χ2n) is 4.90. The van der Waals surface area contributed by atoms with E-state index in [1.165, 1.54) is 36.0 Å². The quantitative estimate of drug-likeness (QED) is 0.539. The lowest BCUT2D eigenvalue weighted by Gasteiger charge is -2.06. The molecular formula is C17H17N3O5S. The van der Waals surface area contributed by atoms with E-state index in [9.17, 15) is 14.4 Å². The maximum Gasteiger partial charge on any atom is 0.358 e. The monoisotopic (exact) mass is 375 g/mol. The van der Waals surface area contributed by atoms with E-state index in [2.05, 4.69) is 26.9 Å². The molecule has 0 bridgehead atoms. The number of anilines is 2. The molecule has 0 spiro atoms. The van der Waals surface area contributed by atoms with E-state index in [0.29, 0.717) is 22.9 Å². The third-order valence-electron chi connectivity index (χ3n) is 3.04. The van der Waals surface area contributed by atoms with E-state index in [-0.39, 0.29) is 5.69 Å². The summed E-state index contributed by atoms with van der Waals surface area (Å²) < 4.78 is 9.52. The molecule has 2 rings (SSSR count). The summed E-state index contributed by atoms with van der Waals surface area (Å²) in [4.78, 5) is 39.1. The molecule has 26 heavy (non-hydrogen) atoms. The summed E-state index contributed by atoms with van der Waals surface area (Å²) in [6.07, 6.45) is 1.67. The first-order chi connectivity index (χ1) is 12.5. The molecule has 0 aliphatic carbocycles. The van der Waals surface area contributed by atoms with Crippen molar-refractivity contribution in [1.29, 1.82) is 0 Å². The minimum Gasteiger partial charge on any atom is -0.465 e. The average Bonchev–Trinajstić information content (AvgIpc) is 3.13.